The smallest absolute Gasteiger partial charge is 0.269 e. The van der Waals surface area contributed by atoms with E-state index in [-0.39, 0.29) is 17.1 Å². The molecule has 0 aromatic heterocycles. The molecule has 3 aromatic rings. The van der Waals surface area contributed by atoms with Crippen molar-refractivity contribution in [2.45, 2.75) is 18.4 Å². The van der Waals surface area contributed by atoms with Gasteiger partial charge in [-0.25, -0.2) is 13.8 Å². The van der Waals surface area contributed by atoms with Gasteiger partial charge in [0.1, 0.15) is 0 Å². The topological polar surface area (TPSA) is 122 Å². The van der Waals surface area contributed by atoms with Crippen molar-refractivity contribution in [3.8, 4) is 0 Å². The SMILES string of the molecule is Cc1ccc(S(=O)(=O)N(CC(=O)NN=Cc2ccc([N+](=O)[O-])cc2)Cc2ccc(Cl)cc2)cc1. The number of rotatable bonds is 9. The lowest BCUT2D eigenvalue weighted by Crippen LogP contribution is -2.39. The van der Waals surface area contributed by atoms with Crippen molar-refractivity contribution in [2.24, 2.45) is 5.10 Å². The number of nitrogens with zero attached hydrogens (tertiary/aromatic N) is 3. The first-order chi connectivity index (χ1) is 16.1. The van der Waals surface area contributed by atoms with E-state index in [0.717, 1.165) is 9.87 Å². The van der Waals surface area contributed by atoms with Crippen LogP contribution in [0.1, 0.15) is 16.7 Å². The first-order valence-electron chi connectivity index (χ1n) is 10.0. The number of carbonyl (C=O) groups is 1. The van der Waals surface area contributed by atoms with Gasteiger partial charge in [0, 0.05) is 23.7 Å². The second kappa shape index (κ2) is 11.0. The molecule has 0 aliphatic heterocycles. The lowest BCUT2D eigenvalue weighted by atomic mass is 10.2. The summed E-state index contributed by atoms with van der Waals surface area (Å²) in [6, 6.07) is 18.6. The van der Waals surface area contributed by atoms with Gasteiger partial charge >= 0.3 is 0 Å². The molecule has 0 unspecified atom stereocenters. The van der Waals surface area contributed by atoms with Gasteiger partial charge in [-0.2, -0.15) is 9.41 Å². The molecule has 0 bridgehead atoms. The average Bonchev–Trinajstić information content (AvgIpc) is 2.80. The summed E-state index contributed by atoms with van der Waals surface area (Å²) in [6.07, 6.45) is 1.31. The van der Waals surface area contributed by atoms with Crippen LogP contribution in [0.2, 0.25) is 5.02 Å². The number of halogens is 1. The Morgan fingerprint density at radius 2 is 1.68 bits per heavy atom. The Bertz CT molecular complexity index is 1290. The highest BCUT2D eigenvalue weighted by molar-refractivity contribution is 7.89. The standard InChI is InChI=1S/C23H21ClN4O5S/c1-17-2-12-22(13-3-17)34(32,33)27(15-19-4-8-20(24)9-5-19)16-23(29)26-25-14-18-6-10-21(11-7-18)28(30)31/h2-14H,15-16H2,1H3,(H,26,29). The van der Waals surface area contributed by atoms with Crippen molar-refractivity contribution in [3.05, 3.63) is 105 Å². The highest BCUT2D eigenvalue weighted by Gasteiger charge is 2.27. The summed E-state index contributed by atoms with van der Waals surface area (Å²) in [5, 5.41) is 15.1. The van der Waals surface area contributed by atoms with Crippen LogP contribution in [-0.2, 0) is 21.4 Å². The predicted octanol–water partition coefficient (Wildman–Crippen LogP) is 3.90. The second-order valence-electron chi connectivity index (χ2n) is 7.35. The zero-order valence-corrected chi connectivity index (χ0v) is 19.7. The number of aryl methyl sites for hydroxylation is 1. The van der Waals surface area contributed by atoms with Gasteiger partial charge in [0.2, 0.25) is 10.0 Å². The number of benzene rings is 3. The summed E-state index contributed by atoms with van der Waals surface area (Å²) in [7, 11) is -3.99. The molecule has 0 saturated heterocycles. The van der Waals surface area contributed by atoms with E-state index in [0.29, 0.717) is 16.1 Å². The Labute approximate surface area is 201 Å². The van der Waals surface area contributed by atoms with Gasteiger partial charge in [-0.3, -0.25) is 14.9 Å². The number of nitro benzene ring substituents is 1. The van der Waals surface area contributed by atoms with Gasteiger partial charge in [-0.05, 0) is 54.4 Å². The summed E-state index contributed by atoms with van der Waals surface area (Å²) in [4.78, 5) is 22.8. The quantitative estimate of drug-likeness (QED) is 0.271. The number of sulfonamides is 1. The van der Waals surface area contributed by atoms with Gasteiger partial charge in [0.05, 0.1) is 22.6 Å². The third-order valence-corrected chi connectivity index (χ3v) is 6.82. The fraction of sp³-hybridized carbons (Fsp3) is 0.130. The van der Waals surface area contributed by atoms with Crippen LogP contribution in [0.4, 0.5) is 5.69 Å². The van der Waals surface area contributed by atoms with E-state index in [2.05, 4.69) is 10.5 Å². The molecule has 3 aromatic carbocycles. The molecule has 34 heavy (non-hydrogen) atoms. The number of nitrogens with one attached hydrogen (secondary N) is 1. The van der Waals surface area contributed by atoms with Crippen LogP contribution in [0.25, 0.3) is 0 Å². The van der Waals surface area contributed by atoms with Crippen molar-refractivity contribution < 1.29 is 18.1 Å². The van der Waals surface area contributed by atoms with Crippen molar-refractivity contribution in [1.29, 1.82) is 0 Å². The fourth-order valence-electron chi connectivity index (χ4n) is 2.94. The molecule has 0 aliphatic carbocycles. The number of amides is 1. The van der Waals surface area contributed by atoms with Crippen LogP contribution in [0.5, 0.6) is 0 Å². The Balaban J connectivity index is 1.75. The van der Waals surface area contributed by atoms with E-state index < -0.39 is 27.4 Å². The zero-order chi connectivity index (χ0) is 24.7. The minimum atomic E-state index is -3.99. The Morgan fingerprint density at radius 1 is 1.06 bits per heavy atom. The molecule has 176 valence electrons. The van der Waals surface area contributed by atoms with Crippen LogP contribution < -0.4 is 5.43 Å². The van der Waals surface area contributed by atoms with E-state index in [1.165, 1.54) is 42.6 Å². The zero-order valence-electron chi connectivity index (χ0n) is 18.1. The first kappa shape index (κ1) is 25.0. The minimum absolute atomic E-state index is 0.0487. The van der Waals surface area contributed by atoms with Gasteiger partial charge in [0.15, 0.2) is 0 Å². The largest absolute Gasteiger partial charge is 0.272 e. The molecule has 0 radical (unpaired) electrons. The third-order valence-electron chi connectivity index (χ3n) is 4.76. The molecule has 0 atom stereocenters. The first-order valence-corrected chi connectivity index (χ1v) is 11.8. The van der Waals surface area contributed by atoms with Gasteiger partial charge in [-0.1, -0.05) is 41.4 Å². The van der Waals surface area contributed by atoms with E-state index in [1.54, 1.807) is 36.4 Å². The van der Waals surface area contributed by atoms with E-state index in [4.69, 9.17) is 11.6 Å². The average molecular weight is 501 g/mol. The van der Waals surface area contributed by atoms with Crippen LogP contribution in [-0.4, -0.2) is 36.3 Å². The number of non-ortho nitro benzene ring substituents is 1. The normalized spacial score (nSPS) is 11.6. The molecule has 1 N–H and O–H groups in total. The van der Waals surface area contributed by atoms with E-state index >= 15 is 0 Å². The number of hydrogen-bond donors (Lipinski definition) is 1. The minimum Gasteiger partial charge on any atom is -0.272 e. The Kier molecular flexibility index (Phi) is 8.11. The molecule has 0 spiro atoms. The molecule has 11 heteroatoms. The number of hydrazone groups is 1. The van der Waals surface area contributed by atoms with Gasteiger partial charge in [0.25, 0.3) is 11.6 Å². The second-order valence-corrected chi connectivity index (χ2v) is 9.73. The van der Waals surface area contributed by atoms with Gasteiger partial charge in [-0.15, -0.1) is 0 Å². The van der Waals surface area contributed by atoms with Crippen molar-refractivity contribution in [1.82, 2.24) is 9.73 Å². The predicted molar refractivity (Wildman–Crippen MR) is 129 cm³/mol. The molecule has 9 nitrogen and oxygen atoms in total. The molecule has 0 saturated carbocycles. The summed E-state index contributed by atoms with van der Waals surface area (Å²) in [5.41, 5.74) is 4.31. The summed E-state index contributed by atoms with van der Waals surface area (Å²) in [5.74, 6) is -0.650. The maximum absolute atomic E-state index is 13.3. The van der Waals surface area contributed by atoms with Crippen LogP contribution in [0.3, 0.4) is 0 Å². The molecular formula is C23H21ClN4O5S. The molecule has 0 aliphatic rings. The summed E-state index contributed by atoms with van der Waals surface area (Å²) >= 11 is 5.92. The van der Waals surface area contributed by atoms with Crippen LogP contribution >= 0.6 is 11.6 Å². The summed E-state index contributed by atoms with van der Waals surface area (Å²) in [6.45, 7) is 1.32. The monoisotopic (exact) mass is 500 g/mol. The van der Waals surface area contributed by atoms with Gasteiger partial charge < -0.3 is 0 Å². The summed E-state index contributed by atoms with van der Waals surface area (Å²) < 4.78 is 27.6. The maximum atomic E-state index is 13.3. The molecule has 3 rings (SSSR count). The fourth-order valence-corrected chi connectivity index (χ4v) is 4.45. The molecule has 0 fully saturated rings. The number of carbonyl (C=O) groups excluding carboxylic acids is 1. The van der Waals surface area contributed by atoms with E-state index in [9.17, 15) is 23.3 Å². The highest BCUT2D eigenvalue weighted by Crippen LogP contribution is 2.20. The Hall–Kier alpha value is -3.60. The molecular weight excluding hydrogens is 480 g/mol. The highest BCUT2D eigenvalue weighted by atomic mass is 35.5. The lowest BCUT2D eigenvalue weighted by molar-refractivity contribution is -0.384. The maximum Gasteiger partial charge on any atom is 0.269 e. The lowest BCUT2D eigenvalue weighted by Gasteiger charge is -2.21. The molecule has 1 amide bonds. The Morgan fingerprint density at radius 3 is 2.26 bits per heavy atom. The van der Waals surface area contributed by atoms with Crippen LogP contribution in [0.15, 0.2) is 82.8 Å². The van der Waals surface area contributed by atoms with E-state index in [1.807, 2.05) is 6.92 Å². The van der Waals surface area contributed by atoms with Crippen molar-refractivity contribution in [2.75, 3.05) is 6.54 Å². The van der Waals surface area contributed by atoms with Crippen molar-refractivity contribution >= 4 is 39.4 Å². The third kappa shape index (κ3) is 6.70. The number of nitro groups is 1. The molecule has 0 heterocycles. The van der Waals surface area contributed by atoms with Crippen molar-refractivity contribution in [3.63, 3.8) is 0 Å². The number of hydrogen-bond acceptors (Lipinski definition) is 6. The van der Waals surface area contributed by atoms with Crippen LogP contribution in [0, 0.1) is 17.0 Å².